The zero-order valence-electron chi connectivity index (χ0n) is 23.4. The summed E-state index contributed by atoms with van der Waals surface area (Å²) in [5, 5.41) is 33.5. The summed E-state index contributed by atoms with van der Waals surface area (Å²) in [6.45, 7) is 7.59. The first-order valence-electron chi connectivity index (χ1n) is 14.9. The number of hydrogen-bond donors (Lipinski definition) is 3. The number of hydrogen-bond acceptors (Lipinski definition) is 4. The second-order valence-electron chi connectivity index (χ2n) is 13.8. The van der Waals surface area contributed by atoms with Crippen LogP contribution in [0.5, 0.6) is 0 Å². The molecule has 0 radical (unpaired) electrons. The number of carbonyl (C=O) groups excluding carboxylic acids is 1. The highest BCUT2D eigenvalue weighted by Crippen LogP contribution is 2.68. The molecule has 0 aromatic heterocycles. The van der Waals surface area contributed by atoms with Crippen molar-refractivity contribution in [2.45, 2.75) is 103 Å². The molecule has 4 aliphatic rings. The fourth-order valence-corrected chi connectivity index (χ4v) is 9.82. The Labute approximate surface area is 223 Å². The maximum absolute atomic E-state index is 12.9. The Morgan fingerprint density at radius 2 is 1.76 bits per heavy atom. The van der Waals surface area contributed by atoms with Gasteiger partial charge in [-0.25, -0.2) is 0 Å². The molecule has 0 heterocycles. The molecular weight excluding hydrogens is 462 g/mol. The third-order valence-corrected chi connectivity index (χ3v) is 12.0. The molecule has 1 amide bonds. The molecule has 206 valence electrons. The van der Waals surface area contributed by atoms with E-state index >= 15 is 0 Å². The van der Waals surface area contributed by atoms with Crippen LogP contribution in [0.4, 0.5) is 0 Å². The van der Waals surface area contributed by atoms with Crippen LogP contribution in [-0.4, -0.2) is 51.5 Å². The Balaban J connectivity index is 1.26. The maximum atomic E-state index is 12.9. The number of carbonyl (C=O) groups is 1. The quantitative estimate of drug-likeness (QED) is 0.501. The van der Waals surface area contributed by atoms with Gasteiger partial charge in [0.05, 0.1) is 18.3 Å². The number of amides is 1. The highest BCUT2D eigenvalue weighted by atomic mass is 16.3. The van der Waals surface area contributed by atoms with E-state index in [-0.39, 0.29) is 41.0 Å². The van der Waals surface area contributed by atoms with Crippen LogP contribution in [0.15, 0.2) is 30.3 Å². The van der Waals surface area contributed by atoms with Crippen LogP contribution < -0.4 is 0 Å². The average molecular weight is 512 g/mol. The molecule has 4 aliphatic carbocycles. The molecule has 37 heavy (non-hydrogen) atoms. The Morgan fingerprint density at radius 1 is 1.03 bits per heavy atom. The van der Waals surface area contributed by atoms with Crippen molar-refractivity contribution in [2.24, 2.45) is 46.3 Å². The molecule has 1 aromatic rings. The zero-order valence-corrected chi connectivity index (χ0v) is 23.4. The topological polar surface area (TPSA) is 81.0 Å². The van der Waals surface area contributed by atoms with E-state index in [0.29, 0.717) is 42.6 Å². The largest absolute Gasteiger partial charge is 0.393 e. The summed E-state index contributed by atoms with van der Waals surface area (Å²) in [5.41, 5.74) is 1.04. The smallest absolute Gasteiger partial charge is 0.222 e. The third-order valence-electron chi connectivity index (χ3n) is 12.0. The van der Waals surface area contributed by atoms with Crippen LogP contribution in [0.1, 0.15) is 84.1 Å². The number of fused-ring (bicyclic) bond motifs is 5. The van der Waals surface area contributed by atoms with E-state index in [1.165, 1.54) is 0 Å². The first-order valence-corrected chi connectivity index (χ1v) is 14.9. The van der Waals surface area contributed by atoms with Crippen molar-refractivity contribution in [3.05, 3.63) is 35.9 Å². The molecular formula is C32H49NO4. The molecule has 5 heteroatoms. The summed E-state index contributed by atoms with van der Waals surface area (Å²) in [4.78, 5) is 14.8. The molecule has 11 atom stereocenters. The molecule has 5 nitrogen and oxygen atoms in total. The van der Waals surface area contributed by atoms with Gasteiger partial charge in [0.2, 0.25) is 5.91 Å². The monoisotopic (exact) mass is 511 g/mol. The lowest BCUT2D eigenvalue weighted by Gasteiger charge is -2.63. The van der Waals surface area contributed by atoms with E-state index in [4.69, 9.17) is 0 Å². The van der Waals surface area contributed by atoms with Gasteiger partial charge in [-0.05, 0) is 103 Å². The minimum absolute atomic E-state index is 0.102. The van der Waals surface area contributed by atoms with Gasteiger partial charge in [-0.2, -0.15) is 0 Å². The second kappa shape index (κ2) is 10.3. The second-order valence-corrected chi connectivity index (χ2v) is 13.8. The van der Waals surface area contributed by atoms with Gasteiger partial charge in [-0.15, -0.1) is 0 Å². The standard InChI is InChI=1S/C32H49NO4/c1-20(10-13-29(37)33(4)19-21-8-6-5-7-9-21)24-11-12-25-30-26(18-28(36)32(24,25)3)31(2)15-14-23(34)16-22(31)17-27(30)35/h5-9,20,22-28,30,34-36H,10-19H2,1-4H3/t20-,22+,23?,24-,25+,26+,27-,28+,30+,31+,32-/m1/s1. The number of aliphatic hydroxyl groups excluding tert-OH is 3. The van der Waals surface area contributed by atoms with Crippen molar-refractivity contribution >= 4 is 5.91 Å². The summed E-state index contributed by atoms with van der Waals surface area (Å²) >= 11 is 0. The van der Waals surface area contributed by atoms with Gasteiger partial charge >= 0.3 is 0 Å². The molecule has 1 unspecified atom stereocenters. The minimum atomic E-state index is -0.375. The molecule has 3 N–H and O–H groups in total. The Bertz CT molecular complexity index is 953. The van der Waals surface area contributed by atoms with Crippen molar-refractivity contribution in [1.82, 2.24) is 4.90 Å². The van der Waals surface area contributed by atoms with E-state index in [1.807, 2.05) is 30.1 Å². The fraction of sp³-hybridized carbons (Fsp3) is 0.781. The summed E-state index contributed by atoms with van der Waals surface area (Å²) in [6.07, 6.45) is 6.74. The van der Waals surface area contributed by atoms with Crippen molar-refractivity contribution in [3.8, 4) is 0 Å². The Morgan fingerprint density at radius 3 is 2.49 bits per heavy atom. The van der Waals surface area contributed by atoms with Gasteiger partial charge in [0.15, 0.2) is 0 Å². The number of aliphatic hydroxyl groups is 3. The first-order chi connectivity index (χ1) is 17.6. The van der Waals surface area contributed by atoms with Gasteiger partial charge in [-0.1, -0.05) is 51.1 Å². The summed E-state index contributed by atoms with van der Waals surface area (Å²) in [6, 6.07) is 10.1. The van der Waals surface area contributed by atoms with E-state index in [9.17, 15) is 20.1 Å². The highest BCUT2D eigenvalue weighted by Gasteiger charge is 2.65. The zero-order chi connectivity index (χ0) is 26.5. The van der Waals surface area contributed by atoms with Gasteiger partial charge < -0.3 is 20.2 Å². The van der Waals surface area contributed by atoms with E-state index in [1.54, 1.807) is 0 Å². The van der Waals surface area contributed by atoms with Crippen LogP contribution in [0.3, 0.4) is 0 Å². The van der Waals surface area contributed by atoms with Crippen LogP contribution in [0, 0.1) is 46.3 Å². The molecule has 0 bridgehead atoms. The lowest BCUT2D eigenvalue weighted by Crippen LogP contribution is -2.62. The number of rotatable bonds is 6. The average Bonchev–Trinajstić information content (AvgIpc) is 3.23. The lowest BCUT2D eigenvalue weighted by molar-refractivity contribution is -0.207. The van der Waals surface area contributed by atoms with Gasteiger partial charge in [0, 0.05) is 20.0 Å². The minimum Gasteiger partial charge on any atom is -0.393 e. The SMILES string of the molecule is C[C@H](CCC(=O)N(C)Cc1ccccc1)[C@H]1CC[C@H]2[C@@H]3[C@H](O)C[C@@H]4CC(O)CC[C@]4(C)[C@H]3C[C@H](O)[C@]12C. The normalized spacial score (nSPS) is 43.9. The Hall–Kier alpha value is -1.43. The number of nitrogens with zero attached hydrogens (tertiary/aromatic N) is 1. The van der Waals surface area contributed by atoms with Gasteiger partial charge in [-0.3, -0.25) is 4.79 Å². The van der Waals surface area contributed by atoms with Crippen LogP contribution >= 0.6 is 0 Å². The van der Waals surface area contributed by atoms with E-state index in [0.717, 1.165) is 56.9 Å². The van der Waals surface area contributed by atoms with Crippen molar-refractivity contribution in [2.75, 3.05) is 7.05 Å². The van der Waals surface area contributed by atoms with E-state index in [2.05, 4.69) is 32.9 Å². The van der Waals surface area contributed by atoms with Crippen LogP contribution in [-0.2, 0) is 11.3 Å². The predicted molar refractivity (Wildman–Crippen MR) is 145 cm³/mol. The van der Waals surface area contributed by atoms with Gasteiger partial charge in [0.25, 0.3) is 0 Å². The first kappa shape index (κ1) is 27.1. The number of benzene rings is 1. The van der Waals surface area contributed by atoms with Crippen LogP contribution in [0.2, 0.25) is 0 Å². The molecule has 1 aromatic carbocycles. The predicted octanol–water partition coefficient (Wildman–Crippen LogP) is 5.02. The van der Waals surface area contributed by atoms with Crippen molar-refractivity contribution < 1.29 is 20.1 Å². The molecule has 0 aliphatic heterocycles. The van der Waals surface area contributed by atoms with Crippen LogP contribution in [0.25, 0.3) is 0 Å². The van der Waals surface area contributed by atoms with Crippen molar-refractivity contribution in [3.63, 3.8) is 0 Å². The highest BCUT2D eigenvalue weighted by molar-refractivity contribution is 5.75. The molecule has 0 spiro atoms. The molecule has 4 saturated carbocycles. The van der Waals surface area contributed by atoms with Gasteiger partial charge in [0.1, 0.15) is 0 Å². The molecule has 5 rings (SSSR count). The maximum Gasteiger partial charge on any atom is 0.222 e. The lowest BCUT2D eigenvalue weighted by atomic mass is 9.43. The summed E-state index contributed by atoms with van der Waals surface area (Å²) < 4.78 is 0. The Kier molecular flexibility index (Phi) is 7.54. The van der Waals surface area contributed by atoms with E-state index < -0.39 is 0 Å². The molecule has 4 fully saturated rings. The molecule has 0 saturated heterocycles. The summed E-state index contributed by atoms with van der Waals surface area (Å²) in [5.74, 6) is 2.13. The fourth-order valence-electron chi connectivity index (χ4n) is 9.82. The third kappa shape index (κ3) is 4.67. The van der Waals surface area contributed by atoms with Crippen molar-refractivity contribution in [1.29, 1.82) is 0 Å². The summed E-state index contributed by atoms with van der Waals surface area (Å²) in [7, 11) is 1.89.